The van der Waals surface area contributed by atoms with Crippen LogP contribution in [0.4, 0.5) is 5.69 Å². The molecule has 5 rings (SSSR count). The normalized spacial score (nSPS) is 12.0. The van der Waals surface area contributed by atoms with Crippen molar-refractivity contribution in [3.05, 3.63) is 82.7 Å². The van der Waals surface area contributed by atoms with E-state index in [-0.39, 0.29) is 11.5 Å². The van der Waals surface area contributed by atoms with Crippen molar-refractivity contribution >= 4 is 43.9 Å². The highest BCUT2D eigenvalue weighted by Crippen LogP contribution is 2.33. The SMILES string of the molecule is COc1ccc(OC)c(NC(=O)C(C)n2cnc3scc(-c4ccc5ccccc5c4)c3c2=O)c1. The summed E-state index contributed by atoms with van der Waals surface area (Å²) in [5.74, 6) is 0.693. The molecule has 1 atom stereocenters. The minimum atomic E-state index is -0.806. The zero-order valence-electron chi connectivity index (χ0n) is 19.4. The molecule has 0 aliphatic heterocycles. The second kappa shape index (κ2) is 9.23. The fourth-order valence-corrected chi connectivity index (χ4v) is 4.97. The summed E-state index contributed by atoms with van der Waals surface area (Å²) in [5, 5.41) is 7.51. The fraction of sp³-hybridized carbons (Fsp3) is 0.148. The Bertz CT molecular complexity index is 1620. The van der Waals surface area contributed by atoms with Gasteiger partial charge in [0.15, 0.2) is 0 Å². The van der Waals surface area contributed by atoms with Crippen molar-refractivity contribution in [2.24, 2.45) is 0 Å². The molecule has 0 saturated carbocycles. The van der Waals surface area contributed by atoms with Crippen molar-refractivity contribution in [3.63, 3.8) is 0 Å². The largest absolute Gasteiger partial charge is 0.497 e. The molecule has 1 unspecified atom stereocenters. The smallest absolute Gasteiger partial charge is 0.263 e. The first-order valence-corrected chi connectivity index (χ1v) is 11.9. The lowest BCUT2D eigenvalue weighted by atomic mass is 10.0. The Morgan fingerprint density at radius 1 is 1.03 bits per heavy atom. The van der Waals surface area contributed by atoms with Crippen LogP contribution in [0.3, 0.4) is 0 Å². The molecule has 0 bridgehead atoms. The number of benzene rings is 3. The summed E-state index contributed by atoms with van der Waals surface area (Å²) in [5.41, 5.74) is 1.94. The van der Waals surface area contributed by atoms with Crippen LogP contribution in [0, 0.1) is 0 Å². The fourth-order valence-electron chi connectivity index (χ4n) is 4.07. The van der Waals surface area contributed by atoms with Gasteiger partial charge in [0, 0.05) is 17.0 Å². The minimum Gasteiger partial charge on any atom is -0.497 e. The van der Waals surface area contributed by atoms with E-state index >= 15 is 0 Å². The molecule has 5 aromatic rings. The van der Waals surface area contributed by atoms with Crippen molar-refractivity contribution < 1.29 is 14.3 Å². The number of hydrogen-bond donors (Lipinski definition) is 1. The van der Waals surface area contributed by atoms with Gasteiger partial charge in [0.25, 0.3) is 5.56 Å². The van der Waals surface area contributed by atoms with Crippen molar-refractivity contribution in [1.29, 1.82) is 0 Å². The van der Waals surface area contributed by atoms with Gasteiger partial charge in [0.1, 0.15) is 22.4 Å². The topological polar surface area (TPSA) is 82.4 Å². The number of aromatic nitrogens is 2. The predicted molar refractivity (Wildman–Crippen MR) is 140 cm³/mol. The standard InChI is InChI=1S/C27H23N3O4S/c1-16(25(31)29-22-13-20(33-2)10-11-23(22)34-3)30-15-28-26-24(27(30)32)21(14-35-26)19-9-8-17-6-4-5-7-18(17)12-19/h4-16H,1-3H3,(H,29,31). The van der Waals surface area contributed by atoms with Crippen LogP contribution in [0.15, 0.2) is 77.2 Å². The number of methoxy groups -OCH3 is 2. The number of rotatable bonds is 6. The zero-order valence-corrected chi connectivity index (χ0v) is 20.3. The first-order valence-electron chi connectivity index (χ1n) is 11.0. The van der Waals surface area contributed by atoms with Crippen molar-refractivity contribution in [2.45, 2.75) is 13.0 Å². The number of nitrogens with zero attached hydrogens (tertiary/aromatic N) is 2. The quantitative estimate of drug-likeness (QED) is 0.344. The van der Waals surface area contributed by atoms with Gasteiger partial charge in [-0.2, -0.15) is 0 Å². The lowest BCUT2D eigenvalue weighted by Gasteiger charge is -2.17. The first kappa shape index (κ1) is 22.6. The lowest BCUT2D eigenvalue weighted by molar-refractivity contribution is -0.118. The van der Waals surface area contributed by atoms with Gasteiger partial charge in [0.2, 0.25) is 5.91 Å². The van der Waals surface area contributed by atoms with E-state index in [4.69, 9.17) is 9.47 Å². The third kappa shape index (κ3) is 4.13. The second-order valence-corrected chi connectivity index (χ2v) is 8.94. The summed E-state index contributed by atoms with van der Waals surface area (Å²) >= 11 is 1.41. The van der Waals surface area contributed by atoms with Gasteiger partial charge < -0.3 is 14.8 Å². The van der Waals surface area contributed by atoms with Crippen LogP contribution >= 0.6 is 11.3 Å². The van der Waals surface area contributed by atoms with Gasteiger partial charge in [-0.1, -0.05) is 36.4 Å². The molecule has 8 heteroatoms. The molecule has 0 aliphatic rings. The number of carbonyl (C=O) groups excluding carboxylic acids is 1. The first-order chi connectivity index (χ1) is 17.0. The van der Waals surface area contributed by atoms with Gasteiger partial charge in [-0.25, -0.2) is 4.98 Å². The maximum atomic E-state index is 13.6. The number of hydrogen-bond acceptors (Lipinski definition) is 6. The Kier molecular flexibility index (Phi) is 5.96. The van der Waals surface area contributed by atoms with Crippen LogP contribution in [0.5, 0.6) is 11.5 Å². The highest BCUT2D eigenvalue weighted by atomic mass is 32.1. The van der Waals surface area contributed by atoms with E-state index in [2.05, 4.69) is 22.4 Å². The lowest BCUT2D eigenvalue weighted by Crippen LogP contribution is -2.31. The van der Waals surface area contributed by atoms with Crippen LogP contribution in [0.2, 0.25) is 0 Å². The molecule has 2 heterocycles. The zero-order chi connectivity index (χ0) is 24.5. The molecule has 35 heavy (non-hydrogen) atoms. The number of thiophene rings is 1. The van der Waals surface area contributed by atoms with Crippen LogP contribution in [-0.4, -0.2) is 29.7 Å². The van der Waals surface area contributed by atoms with Gasteiger partial charge in [-0.3, -0.25) is 14.2 Å². The number of nitrogens with one attached hydrogen (secondary N) is 1. The van der Waals surface area contributed by atoms with E-state index in [0.717, 1.165) is 21.9 Å². The van der Waals surface area contributed by atoms with E-state index in [1.807, 2.05) is 35.7 Å². The molecular formula is C27H23N3O4S. The van der Waals surface area contributed by atoms with Gasteiger partial charge in [-0.15, -0.1) is 11.3 Å². The Hall–Kier alpha value is -4.17. The summed E-state index contributed by atoms with van der Waals surface area (Å²) in [6.07, 6.45) is 1.43. The van der Waals surface area contributed by atoms with Gasteiger partial charge in [0.05, 0.1) is 31.6 Å². The Morgan fingerprint density at radius 2 is 1.83 bits per heavy atom. The number of carbonyl (C=O) groups is 1. The molecule has 2 aromatic heterocycles. The number of anilines is 1. The molecule has 3 aromatic carbocycles. The molecule has 0 saturated heterocycles. The summed E-state index contributed by atoms with van der Waals surface area (Å²) in [7, 11) is 3.07. The van der Waals surface area contributed by atoms with Gasteiger partial charge >= 0.3 is 0 Å². The van der Waals surface area contributed by atoms with Crippen molar-refractivity contribution in [3.8, 4) is 22.6 Å². The Labute approximate surface area is 205 Å². The highest BCUT2D eigenvalue weighted by molar-refractivity contribution is 7.17. The van der Waals surface area contributed by atoms with E-state index in [1.165, 1.54) is 29.3 Å². The summed E-state index contributed by atoms with van der Waals surface area (Å²) in [4.78, 5) is 31.8. The second-order valence-electron chi connectivity index (χ2n) is 8.08. The third-order valence-corrected chi connectivity index (χ3v) is 6.93. The highest BCUT2D eigenvalue weighted by Gasteiger charge is 2.21. The van der Waals surface area contributed by atoms with Crippen molar-refractivity contribution in [1.82, 2.24) is 9.55 Å². The van der Waals surface area contributed by atoms with Crippen LogP contribution in [-0.2, 0) is 4.79 Å². The maximum Gasteiger partial charge on any atom is 0.263 e. The average Bonchev–Trinajstić information content (AvgIpc) is 3.33. The Morgan fingerprint density at radius 3 is 2.60 bits per heavy atom. The van der Waals surface area contributed by atoms with E-state index < -0.39 is 6.04 Å². The summed E-state index contributed by atoms with van der Waals surface area (Å²) in [6.45, 7) is 1.67. The Balaban J connectivity index is 1.52. The summed E-state index contributed by atoms with van der Waals surface area (Å²) in [6, 6.07) is 18.5. The molecule has 0 fully saturated rings. The molecule has 176 valence electrons. The number of amides is 1. The molecule has 1 N–H and O–H groups in total. The molecule has 1 amide bonds. The average molecular weight is 486 g/mol. The van der Waals surface area contributed by atoms with E-state index in [9.17, 15) is 9.59 Å². The molecular weight excluding hydrogens is 462 g/mol. The molecule has 7 nitrogen and oxygen atoms in total. The van der Waals surface area contributed by atoms with E-state index in [0.29, 0.717) is 27.4 Å². The third-order valence-electron chi connectivity index (χ3n) is 6.04. The summed E-state index contributed by atoms with van der Waals surface area (Å²) < 4.78 is 12.0. The maximum absolute atomic E-state index is 13.6. The monoisotopic (exact) mass is 485 g/mol. The minimum absolute atomic E-state index is 0.264. The van der Waals surface area contributed by atoms with Gasteiger partial charge in [-0.05, 0) is 41.5 Å². The van der Waals surface area contributed by atoms with Crippen LogP contribution < -0.4 is 20.3 Å². The predicted octanol–water partition coefficient (Wildman–Crippen LogP) is 5.50. The number of fused-ring (bicyclic) bond motifs is 2. The molecule has 0 spiro atoms. The van der Waals surface area contributed by atoms with Crippen molar-refractivity contribution in [2.75, 3.05) is 19.5 Å². The van der Waals surface area contributed by atoms with Crippen LogP contribution in [0.1, 0.15) is 13.0 Å². The molecule has 0 aliphatic carbocycles. The number of ether oxygens (including phenoxy) is 2. The van der Waals surface area contributed by atoms with Crippen LogP contribution in [0.25, 0.3) is 32.1 Å². The van der Waals surface area contributed by atoms with E-state index in [1.54, 1.807) is 32.2 Å². The molecule has 0 radical (unpaired) electrons.